The molecular formula is C48H48N20O9S2. The molecule has 10 heterocycles. The number of hydrogen-bond acceptors (Lipinski definition) is 23. The standard InChI is InChI=1S/C20H20N8O2.C14H14N6O4S.C14H14N6O3S/c1-11(15-4-2-3-7-21-15)23-19-26-17-13(8-12-9-16(29)25-18(12)30)10-22-28(17)20(27-19)24-14-5-6-14;1-25(23,24)14-18-11-8(4-7-5-10(21)17-12(7)22)6-15-20(11)13(19-14)16-9-2-3-9;1-24(23)14-18-11-8(4-7-5-10(21)17-12(7)22)6-15-20(11)13(19-14)16-9-2-3-9/h2-4,7-8,10-11,14H,5-6,9H2,1H3,(H,25,29,30)(H2,23,24,26,27);4,6,9H,2-3,5H2,1H3,(H,16,18,19)(H,17,21,22);4,6,9H,2-3,5H2,1H3,(H,16,18,19)(H,17,21,22)/b12-8+;2*7-4+. The van der Waals surface area contributed by atoms with Gasteiger partial charge >= 0.3 is 0 Å². The number of sulfone groups is 1. The molecule has 2 unspecified atom stereocenters. The predicted molar refractivity (Wildman–Crippen MR) is 281 cm³/mol. The summed E-state index contributed by atoms with van der Waals surface area (Å²) in [6.45, 7) is 1.98. The molecule has 6 aliphatic rings. The third-order valence-corrected chi connectivity index (χ3v) is 14.2. The lowest BCUT2D eigenvalue weighted by Crippen LogP contribution is -2.19. The highest BCUT2D eigenvalue weighted by Crippen LogP contribution is 2.30. The van der Waals surface area contributed by atoms with E-state index in [1.807, 2.05) is 25.1 Å². The van der Waals surface area contributed by atoms with E-state index in [-0.39, 0.29) is 82.5 Å². The molecule has 2 atom stereocenters. The topological polar surface area (TPSA) is 380 Å². The van der Waals surface area contributed by atoms with Crippen molar-refractivity contribution in [3.8, 4) is 0 Å². The summed E-state index contributed by atoms with van der Waals surface area (Å²) in [5, 5.41) is 32.4. The van der Waals surface area contributed by atoms with Crippen LogP contribution in [-0.4, -0.2) is 142 Å². The molecule has 13 rings (SSSR count). The molecule has 406 valence electrons. The molecule has 6 amide bonds. The zero-order chi connectivity index (χ0) is 55.3. The predicted octanol–water partition coefficient (Wildman–Crippen LogP) is 1.09. The fraction of sp³-hybridized carbons (Fsp3) is 0.333. The zero-order valence-corrected chi connectivity index (χ0v) is 43.9. The van der Waals surface area contributed by atoms with Crippen molar-refractivity contribution in [3.05, 3.63) is 82.1 Å². The summed E-state index contributed by atoms with van der Waals surface area (Å²) in [5.41, 5.74) is 4.77. The number of anilines is 4. The Morgan fingerprint density at radius 1 is 0.608 bits per heavy atom. The molecule has 6 fully saturated rings. The molecule has 0 spiro atoms. The molecular weight excluding hydrogens is 1060 g/mol. The first-order valence-corrected chi connectivity index (χ1v) is 28.3. The Labute approximate surface area is 449 Å². The first kappa shape index (κ1) is 51.8. The SMILES string of the molecule is CC(Nc1nc(NC2CC2)n2ncc(/C=C3\CC(=O)NC3=O)c2n1)c1ccccn1.CS(=O)(=O)c1nc(NC2CC2)n2ncc(/C=C3\CC(=O)NC3=O)c2n1.CS(=O)c1nc(NC2CC2)n2ncc(/C=C3\CC(=O)NC3=O)c2n1. The lowest BCUT2D eigenvalue weighted by molar-refractivity contribution is -0.125. The minimum Gasteiger partial charge on any atom is -0.351 e. The van der Waals surface area contributed by atoms with Gasteiger partial charge in [0.15, 0.2) is 16.9 Å². The maximum absolute atomic E-state index is 11.9. The normalized spacial score (nSPS) is 19.6. The average molecular weight is 1110 g/mol. The van der Waals surface area contributed by atoms with E-state index in [0.29, 0.717) is 69.1 Å². The number of carbonyl (C=O) groups is 6. The Kier molecular flexibility index (Phi) is 13.7. The summed E-state index contributed by atoms with van der Waals surface area (Å²) in [6, 6.07) is 6.56. The molecule has 3 aliphatic heterocycles. The summed E-state index contributed by atoms with van der Waals surface area (Å²) in [6.07, 6.45) is 19.9. The van der Waals surface area contributed by atoms with Crippen LogP contribution >= 0.6 is 0 Å². The van der Waals surface area contributed by atoms with Crippen LogP contribution in [-0.2, 0) is 49.4 Å². The van der Waals surface area contributed by atoms with Gasteiger partial charge in [0.1, 0.15) is 0 Å². The number of nitrogens with one attached hydrogen (secondary N) is 7. The summed E-state index contributed by atoms with van der Waals surface area (Å²) in [7, 11) is -4.99. The second-order valence-corrected chi connectivity index (χ2v) is 22.5. The van der Waals surface area contributed by atoms with E-state index in [1.54, 1.807) is 35.3 Å². The first-order chi connectivity index (χ1) is 37.9. The lowest BCUT2D eigenvalue weighted by atomic mass is 10.1. The van der Waals surface area contributed by atoms with Crippen LogP contribution in [0.15, 0.2) is 70.0 Å². The Morgan fingerprint density at radius 2 is 1.04 bits per heavy atom. The van der Waals surface area contributed by atoms with Gasteiger partial charge in [0.2, 0.25) is 56.5 Å². The third kappa shape index (κ3) is 11.9. The van der Waals surface area contributed by atoms with Crippen molar-refractivity contribution >= 4 is 115 Å². The number of nitrogens with zero attached hydrogens (tertiary/aromatic N) is 13. The summed E-state index contributed by atoms with van der Waals surface area (Å²) >= 11 is 0. The largest absolute Gasteiger partial charge is 0.351 e. The van der Waals surface area contributed by atoms with Crippen LogP contribution in [0.1, 0.15) is 93.1 Å². The minimum absolute atomic E-state index is 0.0288. The van der Waals surface area contributed by atoms with Crippen molar-refractivity contribution in [2.75, 3.05) is 33.8 Å². The van der Waals surface area contributed by atoms with Gasteiger partial charge in [-0.3, -0.25) is 53.9 Å². The van der Waals surface area contributed by atoms with E-state index in [4.69, 9.17) is 0 Å². The molecule has 3 saturated heterocycles. The van der Waals surface area contributed by atoms with Gasteiger partial charge in [-0.15, -0.1) is 0 Å². The van der Waals surface area contributed by atoms with Gasteiger partial charge in [0.05, 0.1) is 60.4 Å². The number of hydrogen-bond donors (Lipinski definition) is 7. The van der Waals surface area contributed by atoms with Crippen LogP contribution in [0.3, 0.4) is 0 Å². The van der Waals surface area contributed by atoms with E-state index in [2.05, 4.69) is 87.4 Å². The maximum Gasteiger partial charge on any atom is 0.254 e. The summed E-state index contributed by atoms with van der Waals surface area (Å²) < 4.78 is 40.2. The highest BCUT2D eigenvalue weighted by molar-refractivity contribution is 7.90. The van der Waals surface area contributed by atoms with E-state index in [1.165, 1.54) is 27.6 Å². The van der Waals surface area contributed by atoms with Crippen molar-refractivity contribution in [2.24, 2.45) is 0 Å². The van der Waals surface area contributed by atoms with E-state index in [9.17, 15) is 41.4 Å². The van der Waals surface area contributed by atoms with Crippen molar-refractivity contribution in [2.45, 2.75) is 99.2 Å². The van der Waals surface area contributed by atoms with Gasteiger partial charge in [-0.05, 0) is 75.8 Å². The molecule has 29 nitrogen and oxygen atoms in total. The van der Waals surface area contributed by atoms with Crippen LogP contribution in [0.4, 0.5) is 23.8 Å². The number of carbonyl (C=O) groups excluding carboxylic acids is 6. The van der Waals surface area contributed by atoms with Crippen LogP contribution in [0.5, 0.6) is 0 Å². The minimum atomic E-state index is -3.63. The Bertz CT molecular complexity index is 3950. The van der Waals surface area contributed by atoms with Gasteiger partial charge < -0.3 is 21.3 Å². The zero-order valence-electron chi connectivity index (χ0n) is 42.3. The molecule has 3 aliphatic carbocycles. The Balaban J connectivity index is 0.000000126. The fourth-order valence-corrected chi connectivity index (χ4v) is 9.08. The number of fused-ring (bicyclic) bond motifs is 3. The summed E-state index contributed by atoms with van der Waals surface area (Å²) in [5.74, 6) is -0.521. The number of pyridine rings is 1. The van der Waals surface area contributed by atoms with Crippen LogP contribution < -0.4 is 37.2 Å². The molecule has 31 heteroatoms. The molecule has 3 saturated carbocycles. The van der Waals surface area contributed by atoms with Crippen LogP contribution in [0.25, 0.3) is 35.2 Å². The Hall–Kier alpha value is -9.26. The lowest BCUT2D eigenvalue weighted by Gasteiger charge is -2.15. The molecule has 79 heavy (non-hydrogen) atoms. The van der Waals surface area contributed by atoms with Gasteiger partial charge in [-0.2, -0.15) is 58.7 Å². The van der Waals surface area contributed by atoms with Gasteiger partial charge in [0.25, 0.3) is 22.9 Å². The smallest absolute Gasteiger partial charge is 0.254 e. The molecule has 0 bridgehead atoms. The highest BCUT2D eigenvalue weighted by atomic mass is 32.2. The highest BCUT2D eigenvalue weighted by Gasteiger charge is 2.31. The van der Waals surface area contributed by atoms with E-state index < -0.39 is 32.5 Å². The van der Waals surface area contributed by atoms with Gasteiger partial charge in [0, 0.05) is 70.2 Å². The molecule has 7 N–H and O–H groups in total. The van der Waals surface area contributed by atoms with Crippen LogP contribution in [0.2, 0.25) is 0 Å². The maximum atomic E-state index is 11.9. The molecule has 0 radical (unpaired) electrons. The monoisotopic (exact) mass is 1110 g/mol. The van der Waals surface area contributed by atoms with Crippen molar-refractivity contribution < 1.29 is 41.4 Å². The number of imide groups is 3. The quantitative estimate of drug-likeness (QED) is 0.0592. The number of aromatic nitrogens is 13. The second kappa shape index (κ2) is 20.9. The van der Waals surface area contributed by atoms with Crippen molar-refractivity contribution in [1.29, 1.82) is 0 Å². The summed E-state index contributed by atoms with van der Waals surface area (Å²) in [4.78, 5) is 99.8. The van der Waals surface area contributed by atoms with E-state index in [0.717, 1.165) is 50.5 Å². The van der Waals surface area contributed by atoms with Crippen LogP contribution in [0, 0.1) is 0 Å². The molecule has 0 aromatic carbocycles. The van der Waals surface area contributed by atoms with Crippen molar-refractivity contribution in [3.63, 3.8) is 0 Å². The van der Waals surface area contributed by atoms with Gasteiger partial charge in [-0.25, -0.2) is 8.42 Å². The second-order valence-electron chi connectivity index (χ2n) is 19.3. The average Bonchev–Trinajstić information content (AvgIpc) is 4.49. The fourth-order valence-electron chi connectivity index (χ4n) is 8.15. The Morgan fingerprint density at radius 3 is 1.43 bits per heavy atom. The van der Waals surface area contributed by atoms with E-state index >= 15 is 0 Å². The number of amides is 6. The third-order valence-electron chi connectivity index (χ3n) is 12.6. The molecule has 7 aromatic rings. The van der Waals surface area contributed by atoms with Crippen molar-refractivity contribution in [1.82, 2.24) is 79.7 Å². The number of rotatable bonds is 14. The van der Waals surface area contributed by atoms with Gasteiger partial charge in [-0.1, -0.05) is 6.07 Å². The first-order valence-electron chi connectivity index (χ1n) is 24.8. The molecule has 7 aromatic heterocycles.